The van der Waals surface area contributed by atoms with E-state index in [0.29, 0.717) is 0 Å². The van der Waals surface area contributed by atoms with Crippen molar-refractivity contribution in [3.8, 4) is 0 Å². The Kier molecular flexibility index (Phi) is 10.5. The van der Waals surface area contributed by atoms with E-state index in [1.165, 1.54) is 34.2 Å². The molecule has 2 heterocycles. The number of hydrogen-bond donors (Lipinski definition) is 1. The van der Waals surface area contributed by atoms with Crippen molar-refractivity contribution in [2.75, 3.05) is 18.0 Å². The molecule has 0 radical (unpaired) electrons. The van der Waals surface area contributed by atoms with Crippen LogP contribution in [0.5, 0.6) is 0 Å². The second-order valence-corrected chi connectivity index (χ2v) is 16.2. The molecule has 0 spiro atoms. The predicted octanol–water partition coefficient (Wildman–Crippen LogP) is 10.4. The van der Waals surface area contributed by atoms with E-state index in [1.54, 1.807) is 6.07 Å². The smallest absolute Gasteiger partial charge is 0.294 e. The van der Waals surface area contributed by atoms with E-state index in [9.17, 15) is 13.0 Å². The molecule has 0 saturated carbocycles. The van der Waals surface area contributed by atoms with Crippen molar-refractivity contribution in [2.24, 2.45) is 0 Å². The van der Waals surface area contributed by atoms with Crippen LogP contribution in [0.1, 0.15) is 110 Å². The second kappa shape index (κ2) is 13.9. The zero-order chi connectivity index (χ0) is 34.1. The van der Waals surface area contributed by atoms with Gasteiger partial charge in [0.25, 0.3) is 10.1 Å². The highest BCUT2D eigenvalue weighted by molar-refractivity contribution is 7.85. The third-order valence-corrected chi connectivity index (χ3v) is 11.6. The Morgan fingerprint density at radius 2 is 1.66 bits per heavy atom. The van der Waals surface area contributed by atoms with E-state index in [1.807, 2.05) is 6.07 Å². The van der Waals surface area contributed by atoms with Gasteiger partial charge in [0.2, 0.25) is 5.69 Å². The third-order valence-electron chi connectivity index (χ3n) is 10.3. The van der Waals surface area contributed by atoms with Crippen LogP contribution in [0.25, 0.3) is 0 Å². The van der Waals surface area contributed by atoms with Gasteiger partial charge in [-0.15, -0.1) is 0 Å². The minimum atomic E-state index is -4.30. The minimum absolute atomic E-state index is 0.0677. The summed E-state index contributed by atoms with van der Waals surface area (Å²) in [5.74, 6) is 0. The lowest BCUT2D eigenvalue weighted by Gasteiger charge is -2.27. The average molecular weight is 676 g/mol. The highest BCUT2D eigenvalue weighted by atomic mass is 35.5. The van der Waals surface area contributed by atoms with Gasteiger partial charge in [0, 0.05) is 52.5 Å². The van der Waals surface area contributed by atoms with Gasteiger partial charge in [0.05, 0.1) is 10.3 Å². The highest BCUT2D eigenvalue weighted by Gasteiger charge is 2.45. The van der Waals surface area contributed by atoms with Gasteiger partial charge in [-0.25, -0.2) is 0 Å². The molecule has 5 rings (SSSR count). The first-order valence-electron chi connectivity index (χ1n) is 17.4. The molecule has 2 aromatic rings. The molecule has 0 fully saturated rings. The number of aryl methyl sites for hydroxylation is 1. The topological polar surface area (TPSA) is 60.6 Å². The Balaban J connectivity index is 1.51. The third kappa shape index (κ3) is 6.97. The summed E-state index contributed by atoms with van der Waals surface area (Å²) >= 11 is 7.19. The molecule has 2 aromatic carbocycles. The average Bonchev–Trinajstić information content (AvgIpc) is 3.36. The lowest BCUT2D eigenvalue weighted by molar-refractivity contribution is -0.438. The first kappa shape index (κ1) is 35.4. The van der Waals surface area contributed by atoms with Gasteiger partial charge in [-0.2, -0.15) is 13.0 Å². The number of unbranched alkanes of at least 4 members (excludes halogenated alkanes) is 3. The van der Waals surface area contributed by atoms with Crippen molar-refractivity contribution in [1.82, 2.24) is 0 Å². The maximum Gasteiger partial charge on any atom is 0.294 e. The molecular weight excluding hydrogens is 624 g/mol. The molecular formula is C40H52ClN2O3S+. The molecule has 2 aliphatic heterocycles. The number of fused-ring (bicyclic) bond motifs is 2. The first-order valence-corrected chi connectivity index (χ1v) is 19.2. The van der Waals surface area contributed by atoms with Crippen molar-refractivity contribution in [3.63, 3.8) is 0 Å². The summed E-state index contributed by atoms with van der Waals surface area (Å²) in [7, 11) is -4.30. The molecule has 0 atom stereocenters. The molecule has 3 aliphatic rings. The summed E-state index contributed by atoms with van der Waals surface area (Å²) in [6, 6.07) is 11.8. The molecule has 0 unspecified atom stereocenters. The van der Waals surface area contributed by atoms with Crippen molar-refractivity contribution in [2.45, 2.75) is 116 Å². The van der Waals surface area contributed by atoms with Crippen LogP contribution in [0.2, 0.25) is 0 Å². The first-order chi connectivity index (χ1) is 22.2. The maximum atomic E-state index is 12.0. The normalized spacial score (nSPS) is 20.7. The van der Waals surface area contributed by atoms with E-state index in [0.717, 1.165) is 92.0 Å². The van der Waals surface area contributed by atoms with Gasteiger partial charge < -0.3 is 4.90 Å². The number of halogens is 1. The zero-order valence-electron chi connectivity index (χ0n) is 29.3. The largest absolute Gasteiger partial charge is 0.344 e. The molecule has 5 nitrogen and oxygen atoms in total. The zero-order valence-corrected chi connectivity index (χ0v) is 30.9. The van der Waals surface area contributed by atoms with Crippen LogP contribution in [-0.4, -0.2) is 36.3 Å². The standard InChI is InChI=1S/C40H51ClN2O3S/c1-8-10-12-25-43-35-21-19-31(47(44,45)46)27-33(35)40(6,7)37(43)23-18-30-15-13-14-29(38(30)41)17-22-36-39(4,5)32-26-28(3)16-20-34(32)42(36)24-11-9-2/h16-23,26-27H,8-15,24-25H2,1-7H3/p+1. The van der Waals surface area contributed by atoms with Gasteiger partial charge >= 0.3 is 0 Å². The predicted molar refractivity (Wildman–Crippen MR) is 197 cm³/mol. The van der Waals surface area contributed by atoms with Crippen molar-refractivity contribution in [1.29, 1.82) is 0 Å². The fraction of sp³-hybridized carbons (Fsp3) is 0.475. The van der Waals surface area contributed by atoms with Crippen LogP contribution in [0.3, 0.4) is 0 Å². The summed E-state index contributed by atoms with van der Waals surface area (Å²) in [5, 5.41) is 0.828. The minimum Gasteiger partial charge on any atom is -0.344 e. The fourth-order valence-corrected chi connectivity index (χ4v) is 8.31. The van der Waals surface area contributed by atoms with Gasteiger partial charge in [0.1, 0.15) is 6.54 Å². The Labute approximate surface area is 288 Å². The van der Waals surface area contributed by atoms with Crippen LogP contribution in [0.15, 0.2) is 87.5 Å². The van der Waals surface area contributed by atoms with Crippen molar-refractivity contribution < 1.29 is 17.5 Å². The second-order valence-electron chi connectivity index (χ2n) is 14.4. The van der Waals surface area contributed by atoms with Gasteiger partial charge in [-0.1, -0.05) is 82.0 Å². The molecule has 0 bridgehead atoms. The van der Waals surface area contributed by atoms with Gasteiger partial charge in [-0.3, -0.25) is 4.55 Å². The Hall–Kier alpha value is -2.93. The quantitative estimate of drug-likeness (QED) is 0.146. The molecule has 1 N–H and O–H groups in total. The highest BCUT2D eigenvalue weighted by Crippen LogP contribution is 2.48. The Morgan fingerprint density at radius 3 is 2.36 bits per heavy atom. The number of allylic oxidation sites excluding steroid dienone is 8. The summed E-state index contributed by atoms with van der Waals surface area (Å²) in [6.45, 7) is 17.4. The number of benzene rings is 2. The Bertz CT molecular complexity index is 1810. The van der Waals surface area contributed by atoms with Crippen LogP contribution in [-0.2, 0) is 20.9 Å². The van der Waals surface area contributed by atoms with Crippen molar-refractivity contribution in [3.05, 3.63) is 99.3 Å². The lowest BCUT2D eigenvalue weighted by atomic mass is 9.81. The fourth-order valence-electron chi connectivity index (χ4n) is 7.49. The van der Waals surface area contributed by atoms with E-state index in [4.69, 9.17) is 11.6 Å². The Morgan fingerprint density at radius 1 is 0.915 bits per heavy atom. The summed E-state index contributed by atoms with van der Waals surface area (Å²) in [4.78, 5) is 2.44. The number of rotatable bonds is 11. The maximum absolute atomic E-state index is 12.0. The molecule has 0 aromatic heterocycles. The molecule has 7 heteroatoms. The number of hydrogen-bond acceptors (Lipinski definition) is 3. The van der Waals surface area contributed by atoms with Crippen molar-refractivity contribution >= 4 is 38.8 Å². The molecule has 0 amide bonds. The molecule has 1 aliphatic carbocycles. The SMILES string of the molecule is CCCCC[N+]1=C(C=CC2=C(Cl)C(=CC=C3N(CCCC)c4ccc(C)cc4C3(C)C)CCC2)C(C)(C)c2cc(S(=O)(=O)O)ccc21. The molecule has 47 heavy (non-hydrogen) atoms. The summed E-state index contributed by atoms with van der Waals surface area (Å²) < 4.78 is 36.1. The summed E-state index contributed by atoms with van der Waals surface area (Å²) in [5.41, 5.74) is 10.1. The van der Waals surface area contributed by atoms with Crippen LogP contribution >= 0.6 is 11.6 Å². The van der Waals surface area contributed by atoms with Crippen LogP contribution < -0.4 is 4.90 Å². The van der Waals surface area contributed by atoms with Crippen LogP contribution in [0, 0.1) is 6.92 Å². The molecule has 252 valence electrons. The summed E-state index contributed by atoms with van der Waals surface area (Å²) in [6.07, 6.45) is 17.3. The van der Waals surface area contributed by atoms with E-state index < -0.39 is 15.5 Å². The van der Waals surface area contributed by atoms with E-state index >= 15 is 0 Å². The van der Waals surface area contributed by atoms with E-state index in [-0.39, 0.29) is 10.3 Å². The monoisotopic (exact) mass is 675 g/mol. The molecule has 0 saturated heterocycles. The number of anilines is 1. The lowest BCUT2D eigenvalue weighted by Crippen LogP contribution is -2.28. The van der Waals surface area contributed by atoms with Crippen LogP contribution in [0.4, 0.5) is 11.4 Å². The van der Waals surface area contributed by atoms with Gasteiger partial charge in [0.15, 0.2) is 5.71 Å². The van der Waals surface area contributed by atoms with E-state index in [2.05, 4.69) is 100 Å². The van der Waals surface area contributed by atoms with Gasteiger partial charge in [-0.05, 0) is 93.9 Å². The number of nitrogens with zero attached hydrogens (tertiary/aromatic N) is 2.